The number of carbonyl (C=O) groups is 1. The molecule has 1 aliphatic heterocycles. The van der Waals surface area contributed by atoms with E-state index in [1.54, 1.807) is 29.1 Å². The molecule has 2 aromatic heterocycles. The lowest BCUT2D eigenvalue weighted by atomic mass is 9.98. The van der Waals surface area contributed by atoms with Gasteiger partial charge in [0.05, 0.1) is 23.9 Å². The van der Waals surface area contributed by atoms with Crippen LogP contribution in [0.25, 0.3) is 23.2 Å². The van der Waals surface area contributed by atoms with Crippen molar-refractivity contribution in [3.8, 4) is 17.1 Å². The van der Waals surface area contributed by atoms with Crippen molar-refractivity contribution >= 4 is 12.0 Å². The number of benzene rings is 1. The second kappa shape index (κ2) is 8.81. The number of esters is 1. The molecule has 4 rings (SSSR count). The van der Waals surface area contributed by atoms with Crippen molar-refractivity contribution in [3.05, 3.63) is 71.8 Å². The van der Waals surface area contributed by atoms with Crippen LogP contribution in [0.5, 0.6) is 0 Å². The first kappa shape index (κ1) is 20.9. The van der Waals surface area contributed by atoms with Crippen LogP contribution in [0.1, 0.15) is 43.9 Å². The minimum atomic E-state index is -0.715. The monoisotopic (exact) mass is 421 g/mol. The van der Waals surface area contributed by atoms with Crippen molar-refractivity contribution in [1.29, 1.82) is 0 Å². The maximum absolute atomic E-state index is 13.6. The van der Waals surface area contributed by atoms with Crippen molar-refractivity contribution < 1.29 is 19.0 Å². The number of ether oxygens (including phenoxy) is 1. The van der Waals surface area contributed by atoms with E-state index >= 15 is 0 Å². The molecule has 3 aromatic rings. The number of pyridine rings is 1. The number of carbonyl (C=O) groups excluding carboxylic acids is 1. The van der Waals surface area contributed by atoms with Gasteiger partial charge in [-0.25, -0.2) is 14.1 Å². The Kier molecular flexibility index (Phi) is 5.95. The summed E-state index contributed by atoms with van der Waals surface area (Å²) in [4.78, 5) is 16.1. The number of halogens is 1. The zero-order valence-corrected chi connectivity index (χ0v) is 17.4. The number of nitrogens with zero attached hydrogens (tertiary/aromatic N) is 3. The summed E-state index contributed by atoms with van der Waals surface area (Å²) in [6.45, 7) is 4.09. The van der Waals surface area contributed by atoms with E-state index in [1.807, 2.05) is 38.1 Å². The van der Waals surface area contributed by atoms with E-state index in [1.165, 1.54) is 12.1 Å². The molecule has 0 bridgehead atoms. The number of aliphatic hydroxyl groups excluding tert-OH is 1. The van der Waals surface area contributed by atoms with Crippen LogP contribution in [0.3, 0.4) is 0 Å². The highest BCUT2D eigenvalue weighted by Gasteiger charge is 2.26. The van der Waals surface area contributed by atoms with Gasteiger partial charge in [-0.15, -0.1) is 0 Å². The molecule has 3 heterocycles. The number of cyclic esters (lactones) is 1. The molecular weight excluding hydrogens is 397 g/mol. The molecule has 0 amide bonds. The van der Waals surface area contributed by atoms with Crippen LogP contribution in [0.4, 0.5) is 4.39 Å². The van der Waals surface area contributed by atoms with Gasteiger partial charge in [0.25, 0.3) is 0 Å². The van der Waals surface area contributed by atoms with Gasteiger partial charge in [0.1, 0.15) is 11.9 Å². The summed E-state index contributed by atoms with van der Waals surface area (Å²) >= 11 is 0. The maximum Gasteiger partial charge on any atom is 0.309 e. The lowest BCUT2D eigenvalue weighted by Crippen LogP contribution is -2.31. The molecule has 6 nitrogen and oxygen atoms in total. The highest BCUT2D eigenvalue weighted by atomic mass is 19.1. The van der Waals surface area contributed by atoms with Gasteiger partial charge in [0.15, 0.2) is 5.82 Å². The third-order valence-corrected chi connectivity index (χ3v) is 5.15. The largest absolute Gasteiger partial charge is 0.458 e. The standard InChI is InChI=1S/C24H24FN3O3/c1-15(2)23-20(11-10-19-13-18(29)14-22(30)31-19)24(16-6-8-17(25)9-7-16)28(27-23)21-5-3-4-12-26-21/h3-12,15,18-19,29H,13-14H2,1-2H3/t18-,19-/m0/s1. The molecule has 0 spiro atoms. The van der Waals surface area contributed by atoms with E-state index in [4.69, 9.17) is 9.84 Å². The average molecular weight is 421 g/mol. The van der Waals surface area contributed by atoms with Gasteiger partial charge < -0.3 is 9.84 Å². The molecule has 1 aliphatic rings. The Bertz CT molecular complexity index is 1090. The Labute approximate surface area is 180 Å². The SMILES string of the molecule is CC(C)c1nn(-c2ccccn2)c(-c2ccc(F)cc2)c1C=C[C@H]1C[C@H](O)CC(=O)O1. The van der Waals surface area contributed by atoms with Crippen molar-refractivity contribution in [2.75, 3.05) is 0 Å². The molecule has 0 radical (unpaired) electrons. The number of aromatic nitrogens is 3. The van der Waals surface area contributed by atoms with E-state index in [9.17, 15) is 14.3 Å². The maximum atomic E-state index is 13.6. The first-order valence-corrected chi connectivity index (χ1v) is 10.3. The van der Waals surface area contributed by atoms with Crippen LogP contribution in [0, 0.1) is 5.82 Å². The van der Waals surface area contributed by atoms with Crippen LogP contribution in [0.15, 0.2) is 54.7 Å². The Morgan fingerprint density at radius 3 is 2.65 bits per heavy atom. The van der Waals surface area contributed by atoms with E-state index in [0.717, 1.165) is 22.5 Å². The first-order chi connectivity index (χ1) is 14.9. The Hall–Kier alpha value is -3.32. The molecule has 1 fully saturated rings. The van der Waals surface area contributed by atoms with Crippen LogP contribution in [-0.4, -0.2) is 38.0 Å². The normalized spacial score (nSPS) is 19.2. The van der Waals surface area contributed by atoms with Crippen LogP contribution >= 0.6 is 0 Å². The number of aliphatic hydroxyl groups is 1. The fourth-order valence-electron chi connectivity index (χ4n) is 3.70. The molecule has 0 unspecified atom stereocenters. The Morgan fingerprint density at radius 1 is 1.23 bits per heavy atom. The number of hydrogen-bond donors (Lipinski definition) is 1. The average Bonchev–Trinajstić information content (AvgIpc) is 3.12. The summed E-state index contributed by atoms with van der Waals surface area (Å²) < 4.78 is 20.7. The van der Waals surface area contributed by atoms with Gasteiger partial charge >= 0.3 is 5.97 Å². The van der Waals surface area contributed by atoms with Gasteiger partial charge in [-0.3, -0.25) is 4.79 Å². The summed E-state index contributed by atoms with van der Waals surface area (Å²) in [6.07, 6.45) is 4.47. The fourth-order valence-corrected chi connectivity index (χ4v) is 3.70. The smallest absolute Gasteiger partial charge is 0.309 e. The minimum Gasteiger partial charge on any atom is -0.458 e. The summed E-state index contributed by atoms with van der Waals surface area (Å²) in [5.74, 6) is 0.00329. The van der Waals surface area contributed by atoms with Crippen LogP contribution < -0.4 is 0 Å². The van der Waals surface area contributed by atoms with Gasteiger partial charge in [0.2, 0.25) is 0 Å². The van der Waals surface area contributed by atoms with Gasteiger partial charge in [-0.2, -0.15) is 5.10 Å². The van der Waals surface area contributed by atoms with E-state index in [-0.39, 0.29) is 18.2 Å². The minimum absolute atomic E-state index is 0.0139. The highest BCUT2D eigenvalue weighted by Crippen LogP contribution is 2.33. The molecule has 2 atom stereocenters. The lowest BCUT2D eigenvalue weighted by molar-refractivity contribution is -0.156. The molecule has 1 saturated heterocycles. The Balaban J connectivity index is 1.86. The molecule has 31 heavy (non-hydrogen) atoms. The predicted molar refractivity (Wildman–Crippen MR) is 115 cm³/mol. The van der Waals surface area contributed by atoms with Crippen molar-refractivity contribution in [1.82, 2.24) is 14.8 Å². The second-order valence-electron chi connectivity index (χ2n) is 7.89. The highest BCUT2D eigenvalue weighted by molar-refractivity contribution is 5.76. The number of hydrogen-bond acceptors (Lipinski definition) is 5. The molecular formula is C24H24FN3O3. The summed E-state index contributed by atoms with van der Waals surface area (Å²) in [5.41, 5.74) is 3.22. The summed E-state index contributed by atoms with van der Waals surface area (Å²) in [6, 6.07) is 11.8. The zero-order chi connectivity index (χ0) is 22.0. The molecule has 1 N–H and O–H groups in total. The van der Waals surface area contributed by atoms with E-state index in [0.29, 0.717) is 12.2 Å². The third kappa shape index (κ3) is 4.56. The van der Waals surface area contributed by atoms with Crippen LogP contribution in [-0.2, 0) is 9.53 Å². The van der Waals surface area contributed by atoms with Crippen molar-refractivity contribution in [3.63, 3.8) is 0 Å². The topological polar surface area (TPSA) is 77.2 Å². The summed E-state index contributed by atoms with van der Waals surface area (Å²) in [7, 11) is 0. The fraction of sp³-hybridized carbons (Fsp3) is 0.292. The second-order valence-corrected chi connectivity index (χ2v) is 7.89. The van der Waals surface area contributed by atoms with Gasteiger partial charge in [-0.1, -0.05) is 26.0 Å². The van der Waals surface area contributed by atoms with Gasteiger partial charge in [0, 0.05) is 23.7 Å². The molecule has 0 aliphatic carbocycles. The molecule has 1 aromatic carbocycles. The molecule has 7 heteroatoms. The van der Waals surface area contributed by atoms with Gasteiger partial charge in [-0.05, 0) is 48.4 Å². The number of rotatable bonds is 5. The van der Waals surface area contributed by atoms with E-state index < -0.39 is 18.2 Å². The van der Waals surface area contributed by atoms with Crippen molar-refractivity contribution in [2.24, 2.45) is 0 Å². The first-order valence-electron chi connectivity index (χ1n) is 10.3. The summed E-state index contributed by atoms with van der Waals surface area (Å²) in [5, 5.41) is 14.7. The Morgan fingerprint density at radius 2 is 2.00 bits per heavy atom. The quantitative estimate of drug-likeness (QED) is 0.623. The molecule has 0 saturated carbocycles. The predicted octanol–water partition coefficient (Wildman–Crippen LogP) is 4.28. The van der Waals surface area contributed by atoms with Crippen LogP contribution in [0.2, 0.25) is 0 Å². The zero-order valence-electron chi connectivity index (χ0n) is 17.4. The van der Waals surface area contributed by atoms with Crippen molar-refractivity contribution in [2.45, 2.75) is 44.8 Å². The molecule has 160 valence electrons. The van der Waals surface area contributed by atoms with E-state index in [2.05, 4.69) is 4.98 Å². The third-order valence-electron chi connectivity index (χ3n) is 5.15. The lowest BCUT2D eigenvalue weighted by Gasteiger charge is -2.23.